The van der Waals surface area contributed by atoms with Gasteiger partial charge in [-0.3, -0.25) is 0 Å². The Morgan fingerprint density at radius 1 is 1.16 bits per heavy atom. The lowest BCUT2D eigenvalue weighted by Crippen LogP contribution is -2.46. The second-order valence-corrected chi connectivity index (χ2v) is 7.27. The van der Waals surface area contributed by atoms with Gasteiger partial charge in [-0.25, -0.2) is 4.98 Å². The number of aromatic nitrogens is 5. The van der Waals surface area contributed by atoms with E-state index in [1.807, 2.05) is 12.1 Å². The van der Waals surface area contributed by atoms with Crippen molar-refractivity contribution in [1.82, 2.24) is 35.4 Å². The van der Waals surface area contributed by atoms with Crippen LogP contribution in [0.15, 0.2) is 24.7 Å². The Morgan fingerprint density at radius 3 is 2.60 bits per heavy atom. The normalized spacial score (nSPS) is 22.1. The van der Waals surface area contributed by atoms with Crippen LogP contribution in [-0.4, -0.2) is 67.9 Å². The van der Waals surface area contributed by atoms with Crippen LogP contribution in [0.25, 0.3) is 5.82 Å². The summed E-state index contributed by atoms with van der Waals surface area (Å²) in [6, 6.07) is 3.72. The van der Waals surface area contributed by atoms with E-state index < -0.39 is 6.10 Å². The number of aliphatic hydroxyl groups is 1. The molecule has 2 aromatic rings. The number of hydrogen-bond acceptors (Lipinski definition) is 7. The predicted molar refractivity (Wildman–Crippen MR) is 92.1 cm³/mol. The van der Waals surface area contributed by atoms with E-state index in [9.17, 15) is 5.11 Å². The number of β-amino-alcohol motifs (C(OH)–C–C–N with tert-alkyl or cyclic N) is 1. The van der Waals surface area contributed by atoms with Crippen molar-refractivity contribution in [2.24, 2.45) is 5.41 Å². The van der Waals surface area contributed by atoms with Crippen LogP contribution < -0.4 is 5.32 Å². The number of nitrogens with zero attached hydrogens (tertiary/aromatic N) is 6. The molecule has 0 radical (unpaired) electrons. The van der Waals surface area contributed by atoms with Crippen LogP contribution in [-0.2, 0) is 0 Å². The fourth-order valence-electron chi connectivity index (χ4n) is 4.01. The van der Waals surface area contributed by atoms with E-state index in [4.69, 9.17) is 0 Å². The standard InChI is InChI=1S/C17H25N7O/c25-15(14-1-2-16(19-11-14)24-13-20-21-22-24)12-23-9-5-17(6-10-23)3-7-18-8-4-17/h1-2,11,13,15,18,25H,3-10,12H2/t15-/m0/s1. The second kappa shape index (κ2) is 7.15. The third kappa shape index (κ3) is 3.70. The van der Waals surface area contributed by atoms with Crippen LogP contribution in [0.1, 0.15) is 37.4 Å². The molecule has 0 saturated carbocycles. The van der Waals surface area contributed by atoms with Crippen LogP contribution in [0, 0.1) is 5.41 Å². The van der Waals surface area contributed by atoms with Gasteiger partial charge in [-0.05, 0) is 73.8 Å². The van der Waals surface area contributed by atoms with Gasteiger partial charge in [0.05, 0.1) is 6.10 Å². The molecule has 0 unspecified atom stereocenters. The number of pyridine rings is 1. The Morgan fingerprint density at radius 2 is 1.96 bits per heavy atom. The fourth-order valence-corrected chi connectivity index (χ4v) is 4.01. The highest BCUT2D eigenvalue weighted by Crippen LogP contribution is 2.39. The first kappa shape index (κ1) is 16.6. The molecule has 4 rings (SSSR count). The molecule has 1 spiro atoms. The lowest BCUT2D eigenvalue weighted by atomic mass is 9.71. The highest BCUT2D eigenvalue weighted by Gasteiger charge is 2.35. The monoisotopic (exact) mass is 343 g/mol. The molecule has 1 atom stereocenters. The van der Waals surface area contributed by atoms with Crippen LogP contribution >= 0.6 is 0 Å². The van der Waals surface area contributed by atoms with Gasteiger partial charge in [0.1, 0.15) is 6.33 Å². The first-order valence-corrected chi connectivity index (χ1v) is 9.05. The zero-order chi connectivity index (χ0) is 17.1. The van der Waals surface area contributed by atoms with Gasteiger partial charge in [0.25, 0.3) is 0 Å². The molecule has 2 N–H and O–H groups in total. The van der Waals surface area contributed by atoms with Crippen molar-refractivity contribution < 1.29 is 5.11 Å². The Bertz CT molecular complexity index is 657. The minimum atomic E-state index is -0.516. The smallest absolute Gasteiger partial charge is 0.156 e. The summed E-state index contributed by atoms with van der Waals surface area (Å²) in [5, 5.41) is 25.0. The van der Waals surface area contributed by atoms with Gasteiger partial charge in [0.2, 0.25) is 0 Å². The predicted octanol–water partition coefficient (Wildman–Crippen LogP) is 0.556. The van der Waals surface area contributed by atoms with Gasteiger partial charge in [-0.15, -0.1) is 5.10 Å². The molecule has 0 bridgehead atoms. The number of rotatable bonds is 4. The Labute approximate surface area is 147 Å². The minimum absolute atomic E-state index is 0.516. The van der Waals surface area contributed by atoms with E-state index in [0.717, 1.165) is 31.7 Å². The van der Waals surface area contributed by atoms with Gasteiger partial charge in [-0.1, -0.05) is 6.07 Å². The van der Waals surface area contributed by atoms with Crippen molar-refractivity contribution >= 4 is 0 Å². The Balaban J connectivity index is 1.32. The van der Waals surface area contributed by atoms with E-state index in [0.29, 0.717) is 17.8 Å². The molecule has 2 saturated heterocycles. The van der Waals surface area contributed by atoms with Gasteiger partial charge in [0.15, 0.2) is 5.82 Å². The molecule has 25 heavy (non-hydrogen) atoms. The molecule has 2 aliphatic rings. The Kier molecular flexibility index (Phi) is 4.74. The van der Waals surface area contributed by atoms with Crippen molar-refractivity contribution in [2.75, 3.05) is 32.7 Å². The molecule has 2 aromatic heterocycles. The number of tetrazole rings is 1. The quantitative estimate of drug-likeness (QED) is 0.838. The maximum absolute atomic E-state index is 10.6. The topological polar surface area (TPSA) is 92.0 Å². The summed E-state index contributed by atoms with van der Waals surface area (Å²) in [5.41, 5.74) is 1.38. The molecule has 0 aliphatic carbocycles. The zero-order valence-electron chi connectivity index (χ0n) is 14.4. The van der Waals surface area contributed by atoms with E-state index in [2.05, 4.69) is 30.7 Å². The molecule has 0 amide bonds. The molecule has 2 aliphatic heterocycles. The van der Waals surface area contributed by atoms with Crippen LogP contribution in [0.2, 0.25) is 0 Å². The third-order valence-corrected chi connectivity index (χ3v) is 5.75. The van der Waals surface area contributed by atoms with Crippen molar-refractivity contribution in [2.45, 2.75) is 31.8 Å². The number of likely N-dealkylation sites (tertiary alicyclic amines) is 1. The SMILES string of the molecule is O[C@@H](CN1CCC2(CCNCC2)CC1)c1ccc(-n2cnnn2)nc1. The molecule has 0 aromatic carbocycles. The molecule has 2 fully saturated rings. The van der Waals surface area contributed by atoms with E-state index >= 15 is 0 Å². The average molecular weight is 343 g/mol. The van der Waals surface area contributed by atoms with Crippen LogP contribution in [0.3, 0.4) is 0 Å². The van der Waals surface area contributed by atoms with E-state index in [1.165, 1.54) is 36.7 Å². The van der Waals surface area contributed by atoms with Crippen molar-refractivity contribution in [1.29, 1.82) is 0 Å². The fraction of sp³-hybridized carbons (Fsp3) is 0.647. The number of hydrogen-bond donors (Lipinski definition) is 2. The summed E-state index contributed by atoms with van der Waals surface area (Å²) in [6.07, 6.45) is 7.79. The van der Waals surface area contributed by atoms with Crippen LogP contribution in [0.5, 0.6) is 0 Å². The Hall–Kier alpha value is -1.90. The highest BCUT2D eigenvalue weighted by atomic mass is 16.3. The largest absolute Gasteiger partial charge is 0.387 e. The highest BCUT2D eigenvalue weighted by molar-refractivity contribution is 5.25. The minimum Gasteiger partial charge on any atom is -0.387 e. The molecule has 4 heterocycles. The number of piperidine rings is 2. The van der Waals surface area contributed by atoms with Crippen LogP contribution in [0.4, 0.5) is 0 Å². The van der Waals surface area contributed by atoms with Crippen molar-refractivity contribution in [3.05, 3.63) is 30.2 Å². The van der Waals surface area contributed by atoms with Crippen molar-refractivity contribution in [3.8, 4) is 5.82 Å². The summed E-state index contributed by atoms with van der Waals surface area (Å²) in [4.78, 5) is 6.72. The van der Waals surface area contributed by atoms with E-state index in [-0.39, 0.29) is 0 Å². The van der Waals surface area contributed by atoms with Gasteiger partial charge < -0.3 is 15.3 Å². The summed E-state index contributed by atoms with van der Waals surface area (Å²) < 4.78 is 1.50. The molecule has 134 valence electrons. The lowest BCUT2D eigenvalue weighted by Gasteiger charge is -2.44. The molecular weight excluding hydrogens is 318 g/mol. The second-order valence-electron chi connectivity index (χ2n) is 7.27. The summed E-state index contributed by atoms with van der Waals surface area (Å²) in [7, 11) is 0. The first-order valence-electron chi connectivity index (χ1n) is 9.05. The zero-order valence-corrected chi connectivity index (χ0v) is 14.4. The van der Waals surface area contributed by atoms with E-state index in [1.54, 1.807) is 6.20 Å². The number of aliphatic hydroxyl groups excluding tert-OH is 1. The third-order valence-electron chi connectivity index (χ3n) is 5.75. The lowest BCUT2D eigenvalue weighted by molar-refractivity contribution is 0.0416. The average Bonchev–Trinajstić information content (AvgIpc) is 3.19. The maximum Gasteiger partial charge on any atom is 0.156 e. The summed E-state index contributed by atoms with van der Waals surface area (Å²) in [5.74, 6) is 0.645. The summed E-state index contributed by atoms with van der Waals surface area (Å²) in [6.45, 7) is 5.13. The summed E-state index contributed by atoms with van der Waals surface area (Å²) >= 11 is 0. The number of nitrogens with one attached hydrogen (secondary N) is 1. The van der Waals surface area contributed by atoms with Crippen molar-refractivity contribution in [3.63, 3.8) is 0 Å². The van der Waals surface area contributed by atoms with Gasteiger partial charge >= 0.3 is 0 Å². The van der Waals surface area contributed by atoms with Gasteiger partial charge in [0, 0.05) is 18.3 Å². The first-order chi connectivity index (χ1) is 12.2. The van der Waals surface area contributed by atoms with Gasteiger partial charge in [-0.2, -0.15) is 4.68 Å². The maximum atomic E-state index is 10.6. The molecular formula is C17H25N7O. The molecule has 8 nitrogen and oxygen atoms in total. The molecule has 8 heteroatoms.